The molecule has 4 heterocycles. The van der Waals surface area contributed by atoms with E-state index in [9.17, 15) is 9.59 Å². The zero-order valence-electron chi connectivity index (χ0n) is 18.2. The van der Waals surface area contributed by atoms with Gasteiger partial charge in [0.25, 0.3) is 5.91 Å². The fourth-order valence-electron chi connectivity index (χ4n) is 4.46. The van der Waals surface area contributed by atoms with Crippen LogP contribution in [-0.2, 0) is 28.2 Å². The number of amides is 3. The minimum absolute atomic E-state index is 0.139. The van der Waals surface area contributed by atoms with Gasteiger partial charge in [-0.15, -0.1) is 0 Å². The summed E-state index contributed by atoms with van der Waals surface area (Å²) in [5.74, 6) is 0.642. The number of carbonyl (C=O) groups excluding carboxylic acids is 2. The molecule has 1 spiro atoms. The molecule has 0 saturated carbocycles. The number of rotatable bonds is 4. The number of imidazole rings is 1. The number of nitrogens with one attached hydrogen (secondary N) is 2. The van der Waals surface area contributed by atoms with E-state index in [0.717, 1.165) is 17.2 Å². The van der Waals surface area contributed by atoms with Crippen LogP contribution in [-0.4, -0.2) is 50.6 Å². The van der Waals surface area contributed by atoms with Crippen LogP contribution in [0, 0.1) is 0 Å². The Morgan fingerprint density at radius 3 is 2.58 bits per heavy atom. The highest BCUT2D eigenvalue weighted by Crippen LogP contribution is 2.40. The first-order valence-electron chi connectivity index (χ1n) is 11.1. The molecule has 9 nitrogen and oxygen atoms in total. The normalized spacial score (nSPS) is 19.0. The minimum Gasteiger partial charge on any atom is -0.352 e. The van der Waals surface area contributed by atoms with E-state index >= 15 is 0 Å². The van der Waals surface area contributed by atoms with E-state index in [1.807, 2.05) is 59.3 Å². The van der Waals surface area contributed by atoms with E-state index in [0.29, 0.717) is 39.0 Å². The lowest BCUT2D eigenvalue weighted by Crippen LogP contribution is -2.55. The smallest absolute Gasteiger partial charge is 0.321 e. The standard InChI is InChI=1S/C24H26N6O3/c31-21(27-16-19-8-4-5-11-25-19)20-17-30-15-12-26-22(30)24(33-20)9-13-29(14-10-24)23(32)28-18-6-2-1-3-7-18/h1-8,11-12,15,20H,9-10,13-14,16-17H2,(H,27,31)(H,28,32)/t20-/m0/s1. The second-order valence-corrected chi connectivity index (χ2v) is 8.33. The molecule has 2 aliphatic heterocycles. The van der Waals surface area contributed by atoms with E-state index in [1.54, 1.807) is 17.3 Å². The third-order valence-corrected chi connectivity index (χ3v) is 6.20. The van der Waals surface area contributed by atoms with Crippen LogP contribution in [0.25, 0.3) is 0 Å². The van der Waals surface area contributed by atoms with Crippen LogP contribution in [0.15, 0.2) is 67.1 Å². The lowest BCUT2D eigenvalue weighted by molar-refractivity contribution is -0.171. The highest BCUT2D eigenvalue weighted by atomic mass is 16.5. The number of ether oxygens (including phenoxy) is 1. The van der Waals surface area contributed by atoms with Gasteiger partial charge in [0.2, 0.25) is 0 Å². The van der Waals surface area contributed by atoms with Gasteiger partial charge in [0, 0.05) is 50.2 Å². The lowest BCUT2D eigenvalue weighted by atomic mass is 9.88. The summed E-state index contributed by atoms with van der Waals surface area (Å²) in [5, 5.41) is 5.86. The van der Waals surface area contributed by atoms with Crippen molar-refractivity contribution in [3.05, 3.63) is 78.6 Å². The Bertz CT molecular complexity index is 1110. The first-order valence-corrected chi connectivity index (χ1v) is 11.1. The van der Waals surface area contributed by atoms with Gasteiger partial charge < -0.3 is 24.8 Å². The predicted molar refractivity (Wildman–Crippen MR) is 121 cm³/mol. The van der Waals surface area contributed by atoms with Crippen LogP contribution in [0.4, 0.5) is 10.5 Å². The van der Waals surface area contributed by atoms with Crippen molar-refractivity contribution >= 4 is 17.6 Å². The number of carbonyl (C=O) groups is 2. The minimum atomic E-state index is -0.696. The molecular weight excluding hydrogens is 420 g/mol. The molecule has 9 heteroatoms. The average Bonchev–Trinajstić information content (AvgIpc) is 3.34. The van der Waals surface area contributed by atoms with Crippen LogP contribution in [0.1, 0.15) is 24.4 Å². The molecule has 33 heavy (non-hydrogen) atoms. The van der Waals surface area contributed by atoms with Crippen molar-refractivity contribution in [1.82, 2.24) is 24.8 Å². The maximum atomic E-state index is 12.9. The number of fused-ring (bicyclic) bond motifs is 2. The third kappa shape index (κ3) is 4.45. The zero-order chi connectivity index (χ0) is 22.7. The van der Waals surface area contributed by atoms with E-state index in [-0.39, 0.29) is 11.9 Å². The topological polar surface area (TPSA) is 101 Å². The highest BCUT2D eigenvalue weighted by Gasteiger charge is 2.47. The van der Waals surface area contributed by atoms with Gasteiger partial charge >= 0.3 is 6.03 Å². The molecule has 1 saturated heterocycles. The number of benzene rings is 1. The van der Waals surface area contributed by atoms with Crippen molar-refractivity contribution in [2.45, 2.75) is 37.6 Å². The summed E-state index contributed by atoms with van der Waals surface area (Å²) < 4.78 is 8.42. The third-order valence-electron chi connectivity index (χ3n) is 6.20. The largest absolute Gasteiger partial charge is 0.352 e. The number of anilines is 1. The second kappa shape index (κ2) is 9.03. The molecule has 3 amide bonds. The number of nitrogens with zero attached hydrogens (tertiary/aromatic N) is 4. The molecule has 2 N–H and O–H groups in total. The molecule has 1 fully saturated rings. The number of pyridine rings is 1. The molecule has 0 unspecified atom stereocenters. The van der Waals surface area contributed by atoms with Gasteiger partial charge in [0.15, 0.2) is 6.10 Å². The lowest BCUT2D eigenvalue weighted by Gasteiger charge is -2.45. The van der Waals surface area contributed by atoms with E-state index in [4.69, 9.17) is 4.74 Å². The quantitative estimate of drug-likeness (QED) is 0.641. The van der Waals surface area contributed by atoms with Gasteiger partial charge in [-0.2, -0.15) is 0 Å². The van der Waals surface area contributed by atoms with Gasteiger partial charge in [-0.3, -0.25) is 9.78 Å². The van der Waals surface area contributed by atoms with Crippen molar-refractivity contribution < 1.29 is 14.3 Å². The van der Waals surface area contributed by atoms with E-state index in [1.165, 1.54) is 0 Å². The summed E-state index contributed by atoms with van der Waals surface area (Å²) in [6.07, 6.45) is 5.82. The van der Waals surface area contributed by atoms with Crippen LogP contribution in [0.2, 0.25) is 0 Å². The van der Waals surface area contributed by atoms with Gasteiger partial charge in [0.1, 0.15) is 11.4 Å². The van der Waals surface area contributed by atoms with Crippen molar-refractivity contribution in [3.63, 3.8) is 0 Å². The Balaban J connectivity index is 1.25. The molecule has 5 rings (SSSR count). The Hall–Kier alpha value is -3.72. The van der Waals surface area contributed by atoms with Crippen molar-refractivity contribution in [3.8, 4) is 0 Å². The predicted octanol–water partition coefficient (Wildman–Crippen LogP) is 2.52. The fraction of sp³-hybridized carbons (Fsp3) is 0.333. The van der Waals surface area contributed by atoms with Crippen molar-refractivity contribution in [2.75, 3.05) is 18.4 Å². The average molecular weight is 447 g/mol. The van der Waals surface area contributed by atoms with Gasteiger partial charge in [0.05, 0.1) is 18.8 Å². The fourth-order valence-corrected chi connectivity index (χ4v) is 4.46. The van der Waals surface area contributed by atoms with Crippen LogP contribution >= 0.6 is 0 Å². The van der Waals surface area contributed by atoms with Crippen molar-refractivity contribution in [1.29, 1.82) is 0 Å². The van der Waals surface area contributed by atoms with E-state index < -0.39 is 11.7 Å². The molecular formula is C24H26N6O3. The van der Waals surface area contributed by atoms with Gasteiger partial charge in [-0.25, -0.2) is 9.78 Å². The number of likely N-dealkylation sites (tertiary alicyclic amines) is 1. The number of para-hydroxylation sites is 1. The Kier molecular flexibility index (Phi) is 5.78. The SMILES string of the molecule is O=C(NCc1ccccn1)[C@@H]1Cn2ccnc2C2(CCN(C(=O)Nc3ccccc3)CC2)O1. The van der Waals surface area contributed by atoms with Gasteiger partial charge in [-0.1, -0.05) is 24.3 Å². The Morgan fingerprint density at radius 2 is 1.82 bits per heavy atom. The summed E-state index contributed by atoms with van der Waals surface area (Å²) in [5.41, 5.74) is 0.854. The molecule has 1 aromatic carbocycles. The first kappa shape index (κ1) is 21.1. The number of hydrogen-bond donors (Lipinski definition) is 2. The molecule has 0 radical (unpaired) electrons. The number of hydrogen-bond acceptors (Lipinski definition) is 5. The molecule has 2 aromatic heterocycles. The molecule has 1 atom stereocenters. The van der Waals surface area contributed by atoms with Crippen molar-refractivity contribution in [2.24, 2.45) is 0 Å². The highest BCUT2D eigenvalue weighted by molar-refractivity contribution is 5.89. The first-order chi connectivity index (χ1) is 16.1. The molecule has 170 valence electrons. The summed E-state index contributed by atoms with van der Waals surface area (Å²) in [6, 6.07) is 14.9. The number of piperidine rings is 1. The monoisotopic (exact) mass is 446 g/mol. The van der Waals surface area contributed by atoms with Crippen LogP contribution in [0.5, 0.6) is 0 Å². The maximum absolute atomic E-state index is 12.9. The maximum Gasteiger partial charge on any atom is 0.321 e. The summed E-state index contributed by atoms with van der Waals surface area (Å²) in [4.78, 5) is 36.2. The van der Waals surface area contributed by atoms with Crippen LogP contribution in [0.3, 0.4) is 0 Å². The number of urea groups is 1. The van der Waals surface area contributed by atoms with Gasteiger partial charge in [-0.05, 0) is 24.3 Å². The zero-order valence-corrected chi connectivity index (χ0v) is 18.2. The Labute approximate surface area is 191 Å². The summed E-state index contributed by atoms with van der Waals surface area (Å²) in [6.45, 7) is 1.77. The molecule has 3 aromatic rings. The molecule has 0 aliphatic carbocycles. The second-order valence-electron chi connectivity index (χ2n) is 8.33. The van der Waals surface area contributed by atoms with Crippen LogP contribution < -0.4 is 10.6 Å². The molecule has 0 bridgehead atoms. The molecule has 2 aliphatic rings. The summed E-state index contributed by atoms with van der Waals surface area (Å²) >= 11 is 0. The number of aromatic nitrogens is 3. The Morgan fingerprint density at radius 1 is 1.03 bits per heavy atom. The van der Waals surface area contributed by atoms with E-state index in [2.05, 4.69) is 20.6 Å². The summed E-state index contributed by atoms with van der Waals surface area (Å²) in [7, 11) is 0.